The van der Waals surface area contributed by atoms with Gasteiger partial charge in [-0.05, 0) is 78.3 Å². The molecule has 2 nitrogen and oxygen atoms in total. The van der Waals surface area contributed by atoms with Gasteiger partial charge in [0.1, 0.15) is 0 Å². The van der Waals surface area contributed by atoms with Gasteiger partial charge in [0.2, 0.25) is 0 Å². The Morgan fingerprint density at radius 1 is 0.625 bits per heavy atom. The van der Waals surface area contributed by atoms with E-state index in [0.717, 1.165) is 39.2 Å². The van der Waals surface area contributed by atoms with Crippen molar-refractivity contribution in [3.63, 3.8) is 0 Å². The average molecular weight is 316 g/mol. The molecule has 0 aliphatic heterocycles. The summed E-state index contributed by atoms with van der Waals surface area (Å²) in [5, 5.41) is 0. The van der Waals surface area contributed by atoms with Crippen LogP contribution in [0.2, 0.25) is 0 Å². The van der Waals surface area contributed by atoms with E-state index in [0.29, 0.717) is 0 Å². The molecule has 24 heavy (non-hydrogen) atoms. The van der Waals surface area contributed by atoms with Crippen LogP contribution in [0.3, 0.4) is 0 Å². The first-order valence-corrected chi connectivity index (χ1v) is 8.23. The summed E-state index contributed by atoms with van der Waals surface area (Å²) in [4.78, 5) is 0. The maximum absolute atomic E-state index is 6.35. The fraction of sp³-hybridized carbons (Fsp3) is 0.182. The van der Waals surface area contributed by atoms with Crippen molar-refractivity contribution in [2.75, 3.05) is 11.5 Å². The first-order chi connectivity index (χ1) is 11.4. The molecule has 3 aromatic rings. The van der Waals surface area contributed by atoms with Crippen LogP contribution in [0.15, 0.2) is 48.5 Å². The molecule has 0 bridgehead atoms. The average Bonchev–Trinajstić information content (AvgIpc) is 2.59. The Hall–Kier alpha value is -2.74. The number of nitrogen functional groups attached to an aromatic ring is 2. The molecule has 2 heteroatoms. The summed E-state index contributed by atoms with van der Waals surface area (Å²) in [5.74, 6) is 0. The lowest BCUT2D eigenvalue weighted by atomic mass is 9.85. The second-order valence-corrected chi connectivity index (χ2v) is 6.49. The molecule has 0 aliphatic carbocycles. The highest BCUT2D eigenvalue weighted by Gasteiger charge is 2.17. The lowest BCUT2D eigenvalue weighted by molar-refractivity contribution is 1.34. The third-order valence-corrected chi connectivity index (χ3v) is 4.92. The summed E-state index contributed by atoms with van der Waals surface area (Å²) < 4.78 is 0. The zero-order valence-electron chi connectivity index (χ0n) is 14.8. The van der Waals surface area contributed by atoms with Crippen molar-refractivity contribution in [1.82, 2.24) is 0 Å². The predicted octanol–water partition coefficient (Wildman–Crippen LogP) is 5.42. The fourth-order valence-corrected chi connectivity index (χ4v) is 3.33. The van der Waals surface area contributed by atoms with Crippen molar-refractivity contribution in [2.45, 2.75) is 27.7 Å². The third-order valence-electron chi connectivity index (χ3n) is 4.92. The van der Waals surface area contributed by atoms with Gasteiger partial charge in [0.25, 0.3) is 0 Å². The van der Waals surface area contributed by atoms with E-state index in [1.807, 2.05) is 13.0 Å². The van der Waals surface area contributed by atoms with E-state index in [1.165, 1.54) is 16.7 Å². The maximum Gasteiger partial charge on any atom is 0.0380 e. The van der Waals surface area contributed by atoms with Crippen molar-refractivity contribution < 1.29 is 0 Å². The van der Waals surface area contributed by atoms with Gasteiger partial charge in [-0.25, -0.2) is 0 Å². The van der Waals surface area contributed by atoms with Crippen molar-refractivity contribution in [3.8, 4) is 22.3 Å². The zero-order valence-corrected chi connectivity index (χ0v) is 14.8. The van der Waals surface area contributed by atoms with Crippen LogP contribution in [0.4, 0.5) is 11.4 Å². The molecule has 0 aromatic heterocycles. The number of aryl methyl sites for hydroxylation is 2. The van der Waals surface area contributed by atoms with Gasteiger partial charge < -0.3 is 11.5 Å². The summed E-state index contributed by atoms with van der Waals surface area (Å²) in [7, 11) is 0. The van der Waals surface area contributed by atoms with E-state index < -0.39 is 0 Å². The van der Waals surface area contributed by atoms with Crippen molar-refractivity contribution in [3.05, 3.63) is 70.8 Å². The Balaban J connectivity index is 2.40. The van der Waals surface area contributed by atoms with Gasteiger partial charge in [-0.15, -0.1) is 0 Å². The monoisotopic (exact) mass is 316 g/mol. The third kappa shape index (κ3) is 2.54. The molecule has 3 rings (SSSR count). The first-order valence-electron chi connectivity index (χ1n) is 8.23. The quantitative estimate of drug-likeness (QED) is 0.620. The molecule has 0 atom stereocenters. The van der Waals surface area contributed by atoms with Crippen LogP contribution >= 0.6 is 0 Å². The fourth-order valence-electron chi connectivity index (χ4n) is 3.33. The van der Waals surface area contributed by atoms with E-state index in [1.54, 1.807) is 0 Å². The molecule has 0 aliphatic rings. The van der Waals surface area contributed by atoms with E-state index in [4.69, 9.17) is 11.5 Å². The minimum atomic E-state index is 0.850. The number of benzene rings is 3. The second-order valence-electron chi connectivity index (χ2n) is 6.49. The minimum absolute atomic E-state index is 0.850. The summed E-state index contributed by atoms with van der Waals surface area (Å²) in [6.45, 7) is 8.29. The summed E-state index contributed by atoms with van der Waals surface area (Å²) in [5.41, 5.74) is 23.5. The lowest BCUT2D eigenvalue weighted by Crippen LogP contribution is -2.02. The summed E-state index contributed by atoms with van der Waals surface area (Å²) >= 11 is 0. The molecule has 0 unspecified atom stereocenters. The normalized spacial score (nSPS) is 10.8. The Labute approximate surface area is 144 Å². The van der Waals surface area contributed by atoms with Crippen LogP contribution in [0, 0.1) is 27.7 Å². The largest absolute Gasteiger partial charge is 0.398 e. The van der Waals surface area contributed by atoms with Gasteiger partial charge in [0.15, 0.2) is 0 Å². The van der Waals surface area contributed by atoms with Crippen LogP contribution in [-0.4, -0.2) is 0 Å². The second kappa shape index (κ2) is 6.04. The molecule has 122 valence electrons. The van der Waals surface area contributed by atoms with Crippen molar-refractivity contribution in [2.24, 2.45) is 0 Å². The van der Waals surface area contributed by atoms with Gasteiger partial charge in [-0.3, -0.25) is 0 Å². The minimum Gasteiger partial charge on any atom is -0.398 e. The molecule has 0 fully saturated rings. The highest BCUT2D eigenvalue weighted by atomic mass is 14.6. The standard InChI is InChI=1S/C22H24N2/c1-13-10-11-18(15(3)21(13)23)20-16(4)22(24)14(2)12-19(20)17-8-6-5-7-9-17/h5-12H,23-24H2,1-4H3. The van der Waals surface area contributed by atoms with Gasteiger partial charge in [0.05, 0.1) is 0 Å². The van der Waals surface area contributed by atoms with Gasteiger partial charge in [-0.1, -0.05) is 42.5 Å². The van der Waals surface area contributed by atoms with Gasteiger partial charge in [-0.2, -0.15) is 0 Å². The molecule has 0 saturated carbocycles. The molecule has 0 saturated heterocycles. The van der Waals surface area contributed by atoms with Crippen molar-refractivity contribution in [1.29, 1.82) is 0 Å². The molecule has 0 amide bonds. The predicted molar refractivity (Wildman–Crippen MR) is 105 cm³/mol. The van der Waals surface area contributed by atoms with Gasteiger partial charge >= 0.3 is 0 Å². The highest BCUT2D eigenvalue weighted by Crippen LogP contribution is 2.41. The maximum atomic E-state index is 6.35. The van der Waals surface area contributed by atoms with Crippen LogP contribution in [0.5, 0.6) is 0 Å². The Kier molecular flexibility index (Phi) is 4.06. The SMILES string of the molecule is Cc1ccc(-c2c(-c3ccccc3)cc(C)c(N)c2C)c(C)c1N. The van der Waals surface area contributed by atoms with Crippen LogP contribution in [-0.2, 0) is 0 Å². The number of hydrogen-bond acceptors (Lipinski definition) is 2. The molecular formula is C22H24N2. The lowest BCUT2D eigenvalue weighted by Gasteiger charge is -2.20. The molecule has 0 spiro atoms. The van der Waals surface area contributed by atoms with E-state index in [2.05, 4.69) is 63.2 Å². The van der Waals surface area contributed by atoms with Gasteiger partial charge in [0, 0.05) is 11.4 Å². The topological polar surface area (TPSA) is 52.0 Å². The summed E-state index contributed by atoms with van der Waals surface area (Å²) in [6.07, 6.45) is 0. The van der Waals surface area contributed by atoms with E-state index in [9.17, 15) is 0 Å². The van der Waals surface area contributed by atoms with Crippen molar-refractivity contribution >= 4 is 11.4 Å². The highest BCUT2D eigenvalue weighted by molar-refractivity contribution is 5.92. The number of hydrogen-bond donors (Lipinski definition) is 2. The zero-order chi connectivity index (χ0) is 17.4. The molecule has 0 heterocycles. The van der Waals surface area contributed by atoms with Crippen LogP contribution in [0.1, 0.15) is 22.3 Å². The van der Waals surface area contributed by atoms with E-state index in [-0.39, 0.29) is 0 Å². The van der Waals surface area contributed by atoms with E-state index >= 15 is 0 Å². The number of rotatable bonds is 2. The molecular weight excluding hydrogens is 292 g/mol. The Morgan fingerprint density at radius 3 is 1.92 bits per heavy atom. The van der Waals surface area contributed by atoms with Crippen LogP contribution < -0.4 is 11.5 Å². The summed E-state index contributed by atoms with van der Waals surface area (Å²) in [6, 6.07) is 16.9. The molecule has 0 radical (unpaired) electrons. The number of anilines is 2. The molecule has 3 aromatic carbocycles. The van der Waals surface area contributed by atoms with Crippen LogP contribution in [0.25, 0.3) is 22.3 Å². The smallest absolute Gasteiger partial charge is 0.0380 e. The Bertz CT molecular complexity index is 909. The molecule has 4 N–H and O–H groups in total. The number of nitrogens with two attached hydrogens (primary N) is 2. The first kappa shape index (κ1) is 16.1. The Morgan fingerprint density at radius 2 is 1.25 bits per heavy atom.